The lowest BCUT2D eigenvalue weighted by Gasteiger charge is -2.23. The molecule has 0 aromatic carbocycles. The van der Waals surface area contributed by atoms with E-state index in [9.17, 15) is 5.11 Å². The lowest BCUT2D eigenvalue weighted by Crippen LogP contribution is -2.37. The van der Waals surface area contributed by atoms with E-state index in [-0.39, 0.29) is 0 Å². The number of anilines is 1. The number of nitrogens with two attached hydrogens (primary N) is 1. The normalized spacial score (nSPS) is 17.8. The minimum atomic E-state index is -0.425. The fourth-order valence-corrected chi connectivity index (χ4v) is 2.92. The van der Waals surface area contributed by atoms with Crippen LogP contribution < -0.4 is 5.73 Å². The van der Waals surface area contributed by atoms with Crippen LogP contribution in [0.5, 0.6) is 0 Å². The molecule has 0 radical (unpaired) electrons. The van der Waals surface area contributed by atoms with E-state index in [4.69, 9.17) is 5.73 Å². The zero-order chi connectivity index (χ0) is 15.4. The zero-order valence-corrected chi connectivity index (χ0v) is 13.5. The molecule has 120 valence electrons. The number of nitrogens with zero attached hydrogens (tertiary/aromatic N) is 4. The fraction of sp³-hybridized carbons (Fsp3) is 0.800. The van der Waals surface area contributed by atoms with Gasteiger partial charge in [0.25, 0.3) is 0 Å². The number of hydrogen-bond acceptors (Lipinski definition) is 5. The number of nitrogen functional groups attached to an aromatic ring is 1. The van der Waals surface area contributed by atoms with Gasteiger partial charge in [-0.05, 0) is 46.8 Å². The van der Waals surface area contributed by atoms with Crippen LogP contribution in [0.4, 0.5) is 5.69 Å². The molecule has 3 N–H and O–H groups in total. The minimum Gasteiger partial charge on any atom is -0.396 e. The van der Waals surface area contributed by atoms with Gasteiger partial charge in [-0.2, -0.15) is 5.10 Å². The molecule has 2 rings (SSSR count). The number of aliphatic hydroxyl groups excluding tert-OH is 1. The van der Waals surface area contributed by atoms with Crippen molar-refractivity contribution < 1.29 is 5.11 Å². The van der Waals surface area contributed by atoms with Gasteiger partial charge in [-0.25, -0.2) is 0 Å². The second-order valence-electron chi connectivity index (χ2n) is 6.23. The van der Waals surface area contributed by atoms with Gasteiger partial charge in [0, 0.05) is 19.6 Å². The molecule has 1 aliphatic heterocycles. The molecule has 0 amide bonds. The zero-order valence-electron chi connectivity index (χ0n) is 13.5. The molecule has 0 spiro atoms. The first kappa shape index (κ1) is 16.3. The quantitative estimate of drug-likeness (QED) is 0.765. The van der Waals surface area contributed by atoms with E-state index in [1.807, 2.05) is 18.5 Å². The highest BCUT2D eigenvalue weighted by Crippen LogP contribution is 2.15. The summed E-state index contributed by atoms with van der Waals surface area (Å²) in [6.45, 7) is 9.53. The summed E-state index contributed by atoms with van der Waals surface area (Å²) in [5, 5.41) is 14.6. The molecule has 1 saturated heterocycles. The molecule has 0 aliphatic carbocycles. The van der Waals surface area contributed by atoms with Gasteiger partial charge in [0.05, 0.1) is 29.7 Å². The average molecular weight is 295 g/mol. The molecule has 21 heavy (non-hydrogen) atoms. The molecule has 1 unspecified atom stereocenters. The van der Waals surface area contributed by atoms with Crippen LogP contribution in [0.1, 0.15) is 24.2 Å². The van der Waals surface area contributed by atoms with Crippen molar-refractivity contribution in [2.24, 2.45) is 0 Å². The number of likely N-dealkylation sites (tertiary alicyclic amines) is 1. The molecular weight excluding hydrogens is 266 g/mol. The van der Waals surface area contributed by atoms with Crippen LogP contribution in [0.25, 0.3) is 0 Å². The molecule has 1 aliphatic rings. The van der Waals surface area contributed by atoms with Crippen molar-refractivity contribution >= 4 is 5.69 Å². The van der Waals surface area contributed by atoms with Crippen molar-refractivity contribution in [3.63, 3.8) is 0 Å². The third-order valence-corrected chi connectivity index (χ3v) is 4.34. The van der Waals surface area contributed by atoms with Crippen molar-refractivity contribution in [2.45, 2.75) is 39.3 Å². The van der Waals surface area contributed by atoms with Gasteiger partial charge in [-0.3, -0.25) is 4.68 Å². The van der Waals surface area contributed by atoms with Crippen molar-refractivity contribution in [1.29, 1.82) is 0 Å². The van der Waals surface area contributed by atoms with Crippen LogP contribution >= 0.6 is 0 Å². The first-order chi connectivity index (χ1) is 9.97. The van der Waals surface area contributed by atoms with Gasteiger partial charge in [-0.1, -0.05) is 0 Å². The second-order valence-corrected chi connectivity index (χ2v) is 6.23. The van der Waals surface area contributed by atoms with Crippen LogP contribution in [0.2, 0.25) is 0 Å². The Kier molecular flexibility index (Phi) is 5.61. The lowest BCUT2D eigenvalue weighted by molar-refractivity contribution is 0.101. The van der Waals surface area contributed by atoms with Crippen LogP contribution in [-0.4, -0.2) is 70.6 Å². The van der Waals surface area contributed by atoms with Crippen LogP contribution in [0.3, 0.4) is 0 Å². The van der Waals surface area contributed by atoms with Crippen molar-refractivity contribution in [3.05, 3.63) is 11.4 Å². The Morgan fingerprint density at radius 3 is 2.57 bits per heavy atom. The fourth-order valence-electron chi connectivity index (χ4n) is 2.92. The third kappa shape index (κ3) is 4.43. The van der Waals surface area contributed by atoms with Gasteiger partial charge in [0.15, 0.2) is 0 Å². The minimum absolute atomic E-state index is 0.425. The molecule has 1 aromatic heterocycles. The molecule has 6 nitrogen and oxygen atoms in total. The SMILES string of the molecule is Cc1nn(CC(O)CN(C)CCN2CCCC2)c(C)c1N. The maximum Gasteiger partial charge on any atom is 0.0862 e. The van der Waals surface area contributed by atoms with Crippen molar-refractivity contribution in [3.8, 4) is 0 Å². The largest absolute Gasteiger partial charge is 0.396 e. The summed E-state index contributed by atoms with van der Waals surface area (Å²) in [6, 6.07) is 0. The molecular formula is C15H29N5O. The summed E-state index contributed by atoms with van der Waals surface area (Å²) in [5.74, 6) is 0. The van der Waals surface area contributed by atoms with E-state index in [1.54, 1.807) is 0 Å². The molecule has 0 saturated carbocycles. The number of hydrogen-bond donors (Lipinski definition) is 2. The molecule has 6 heteroatoms. The van der Waals surface area contributed by atoms with E-state index < -0.39 is 6.10 Å². The van der Waals surface area contributed by atoms with Crippen molar-refractivity contribution in [2.75, 3.05) is 45.5 Å². The number of aromatic nitrogens is 2. The summed E-state index contributed by atoms with van der Waals surface area (Å²) < 4.78 is 1.81. The number of rotatable bonds is 7. The van der Waals surface area contributed by atoms with Crippen LogP contribution in [-0.2, 0) is 6.54 Å². The van der Waals surface area contributed by atoms with Gasteiger partial charge in [0.2, 0.25) is 0 Å². The van der Waals surface area contributed by atoms with E-state index in [0.29, 0.717) is 13.1 Å². The van der Waals surface area contributed by atoms with Crippen LogP contribution in [0, 0.1) is 13.8 Å². The summed E-state index contributed by atoms with van der Waals surface area (Å²) >= 11 is 0. The van der Waals surface area contributed by atoms with Gasteiger partial charge >= 0.3 is 0 Å². The first-order valence-corrected chi connectivity index (χ1v) is 7.86. The standard InChI is InChI=1S/C15H29N5O/c1-12-15(16)13(2)20(17-12)11-14(21)10-18(3)8-9-19-6-4-5-7-19/h14,21H,4-11,16H2,1-3H3. The highest BCUT2D eigenvalue weighted by atomic mass is 16.3. The van der Waals surface area contributed by atoms with Gasteiger partial charge < -0.3 is 20.6 Å². The maximum atomic E-state index is 10.2. The van der Waals surface area contributed by atoms with E-state index >= 15 is 0 Å². The number of likely N-dealkylation sites (N-methyl/N-ethyl adjacent to an activating group) is 1. The second kappa shape index (κ2) is 7.24. The maximum absolute atomic E-state index is 10.2. The molecule has 2 heterocycles. The Morgan fingerprint density at radius 2 is 2.00 bits per heavy atom. The first-order valence-electron chi connectivity index (χ1n) is 7.86. The summed E-state index contributed by atoms with van der Waals surface area (Å²) in [5.41, 5.74) is 8.41. The summed E-state index contributed by atoms with van der Waals surface area (Å²) in [4.78, 5) is 4.68. The highest BCUT2D eigenvalue weighted by molar-refractivity contribution is 5.46. The summed E-state index contributed by atoms with van der Waals surface area (Å²) in [7, 11) is 2.06. The average Bonchev–Trinajstić information content (AvgIpc) is 3.02. The lowest BCUT2D eigenvalue weighted by atomic mass is 10.3. The summed E-state index contributed by atoms with van der Waals surface area (Å²) in [6.07, 6.45) is 2.23. The van der Waals surface area contributed by atoms with E-state index in [2.05, 4.69) is 21.9 Å². The Labute approximate surface area is 127 Å². The topological polar surface area (TPSA) is 70.5 Å². The molecule has 1 atom stereocenters. The van der Waals surface area contributed by atoms with Gasteiger partial charge in [0.1, 0.15) is 0 Å². The Morgan fingerprint density at radius 1 is 1.33 bits per heavy atom. The predicted octanol–water partition coefficient (Wildman–Crippen LogP) is 0.471. The van der Waals surface area contributed by atoms with Crippen LogP contribution in [0.15, 0.2) is 0 Å². The van der Waals surface area contributed by atoms with E-state index in [0.717, 1.165) is 30.2 Å². The highest BCUT2D eigenvalue weighted by Gasteiger charge is 2.15. The molecule has 1 aromatic rings. The Balaban J connectivity index is 1.75. The number of aliphatic hydroxyl groups is 1. The predicted molar refractivity (Wildman–Crippen MR) is 85.3 cm³/mol. The molecule has 0 bridgehead atoms. The van der Waals surface area contributed by atoms with Crippen molar-refractivity contribution in [1.82, 2.24) is 19.6 Å². The smallest absolute Gasteiger partial charge is 0.0862 e. The Bertz CT molecular complexity index is 453. The monoisotopic (exact) mass is 295 g/mol. The van der Waals surface area contributed by atoms with E-state index in [1.165, 1.54) is 25.9 Å². The Hall–Kier alpha value is -1.11. The molecule has 1 fully saturated rings. The van der Waals surface area contributed by atoms with Gasteiger partial charge in [-0.15, -0.1) is 0 Å². The number of aryl methyl sites for hydroxylation is 1. The third-order valence-electron chi connectivity index (χ3n) is 4.34.